The van der Waals surface area contributed by atoms with Crippen molar-refractivity contribution >= 4 is 11.6 Å². The van der Waals surface area contributed by atoms with Gasteiger partial charge in [-0.25, -0.2) is 4.98 Å². The molecule has 6 nitrogen and oxygen atoms in total. The molecule has 21 heavy (non-hydrogen) atoms. The summed E-state index contributed by atoms with van der Waals surface area (Å²) in [5, 5.41) is 10.7. The van der Waals surface area contributed by atoms with Gasteiger partial charge in [0.2, 0.25) is 5.95 Å². The monoisotopic (exact) mass is 289 g/mol. The van der Waals surface area contributed by atoms with E-state index in [0.29, 0.717) is 5.56 Å². The van der Waals surface area contributed by atoms with Gasteiger partial charge in [-0.05, 0) is 11.6 Å². The number of carbonyl (C=O) groups is 1. The molecule has 1 heterocycles. The van der Waals surface area contributed by atoms with Gasteiger partial charge in [0.05, 0.1) is 4.92 Å². The van der Waals surface area contributed by atoms with E-state index in [1.54, 1.807) is 19.2 Å². The molecule has 1 amide bonds. The molecule has 0 radical (unpaired) electrons. The van der Waals surface area contributed by atoms with E-state index in [0.717, 1.165) is 6.07 Å². The van der Waals surface area contributed by atoms with Crippen LogP contribution in [0.25, 0.3) is 0 Å². The molecule has 0 N–H and O–H groups in total. The van der Waals surface area contributed by atoms with Crippen LogP contribution in [-0.4, -0.2) is 27.8 Å². The molecule has 0 bridgehead atoms. The zero-order valence-corrected chi connectivity index (χ0v) is 11.2. The van der Waals surface area contributed by atoms with Gasteiger partial charge < -0.3 is 4.90 Å². The summed E-state index contributed by atoms with van der Waals surface area (Å²) < 4.78 is 13.0. The van der Waals surface area contributed by atoms with Crippen LogP contribution in [0.5, 0.6) is 0 Å². The zero-order chi connectivity index (χ0) is 15.4. The molecule has 0 saturated heterocycles. The molecule has 1 aromatic carbocycles. The molecule has 2 aromatic rings. The molecule has 0 aliphatic rings. The lowest BCUT2D eigenvalue weighted by molar-refractivity contribution is -0.384. The molecule has 0 fully saturated rings. The lowest BCUT2D eigenvalue weighted by atomic mass is 10.1. The van der Waals surface area contributed by atoms with Crippen molar-refractivity contribution in [3.63, 3.8) is 0 Å². The van der Waals surface area contributed by atoms with Crippen LogP contribution < -0.4 is 0 Å². The average Bonchev–Trinajstić information content (AvgIpc) is 2.46. The fourth-order valence-corrected chi connectivity index (χ4v) is 1.87. The van der Waals surface area contributed by atoms with E-state index in [1.165, 1.54) is 29.3 Å². The molecule has 1 aromatic heterocycles. The Bertz CT molecular complexity index is 691. The number of nitrogens with zero attached hydrogens (tertiary/aromatic N) is 3. The molecule has 108 valence electrons. The number of halogens is 1. The van der Waals surface area contributed by atoms with Crippen LogP contribution in [-0.2, 0) is 6.54 Å². The zero-order valence-electron chi connectivity index (χ0n) is 11.2. The van der Waals surface area contributed by atoms with Crippen molar-refractivity contribution in [2.45, 2.75) is 6.54 Å². The Morgan fingerprint density at radius 3 is 2.81 bits per heavy atom. The second-order valence-electron chi connectivity index (χ2n) is 4.46. The van der Waals surface area contributed by atoms with Crippen LogP contribution in [0.2, 0.25) is 0 Å². The minimum Gasteiger partial charge on any atom is -0.337 e. The molecule has 0 spiro atoms. The lowest BCUT2D eigenvalue weighted by Gasteiger charge is -2.17. The Labute approximate surface area is 120 Å². The molecule has 0 saturated carbocycles. The SMILES string of the molecule is CN(Cc1cccc([N+](=O)[O-])c1)C(=O)c1ccnc(F)c1. The van der Waals surface area contributed by atoms with Crippen LogP contribution in [0.3, 0.4) is 0 Å². The molecule has 0 aliphatic heterocycles. The van der Waals surface area contributed by atoms with Gasteiger partial charge in [-0.1, -0.05) is 12.1 Å². The molecule has 0 atom stereocenters. The van der Waals surface area contributed by atoms with E-state index in [1.807, 2.05) is 0 Å². The van der Waals surface area contributed by atoms with Crippen molar-refractivity contribution < 1.29 is 14.1 Å². The summed E-state index contributed by atoms with van der Waals surface area (Å²) in [6, 6.07) is 8.48. The van der Waals surface area contributed by atoms with E-state index >= 15 is 0 Å². The van der Waals surface area contributed by atoms with E-state index < -0.39 is 10.9 Å². The smallest absolute Gasteiger partial charge is 0.269 e. The Balaban J connectivity index is 2.14. The number of hydrogen-bond acceptors (Lipinski definition) is 4. The summed E-state index contributed by atoms with van der Waals surface area (Å²) in [7, 11) is 1.54. The van der Waals surface area contributed by atoms with Crippen molar-refractivity contribution in [1.82, 2.24) is 9.88 Å². The van der Waals surface area contributed by atoms with E-state index in [2.05, 4.69) is 4.98 Å². The van der Waals surface area contributed by atoms with Gasteiger partial charge in [-0.15, -0.1) is 0 Å². The van der Waals surface area contributed by atoms with E-state index in [9.17, 15) is 19.3 Å². The largest absolute Gasteiger partial charge is 0.337 e. The summed E-state index contributed by atoms with van der Waals surface area (Å²) in [4.78, 5) is 27.1. The highest BCUT2D eigenvalue weighted by Gasteiger charge is 2.14. The van der Waals surface area contributed by atoms with Crippen LogP contribution in [0, 0.1) is 16.1 Å². The third kappa shape index (κ3) is 3.59. The van der Waals surface area contributed by atoms with Crippen LogP contribution in [0.4, 0.5) is 10.1 Å². The van der Waals surface area contributed by atoms with E-state index in [4.69, 9.17) is 0 Å². The van der Waals surface area contributed by atoms with Crippen molar-refractivity contribution in [3.05, 3.63) is 69.8 Å². The number of pyridine rings is 1. The van der Waals surface area contributed by atoms with Gasteiger partial charge in [-0.3, -0.25) is 14.9 Å². The highest BCUT2D eigenvalue weighted by Crippen LogP contribution is 2.15. The Kier molecular flexibility index (Phi) is 4.22. The molecule has 0 unspecified atom stereocenters. The molecular weight excluding hydrogens is 277 g/mol. The molecule has 2 rings (SSSR count). The Morgan fingerprint density at radius 1 is 1.38 bits per heavy atom. The van der Waals surface area contributed by atoms with Crippen LogP contribution in [0.15, 0.2) is 42.6 Å². The summed E-state index contributed by atoms with van der Waals surface area (Å²) in [6.45, 7) is 0.185. The van der Waals surface area contributed by atoms with Crippen LogP contribution in [0.1, 0.15) is 15.9 Å². The van der Waals surface area contributed by atoms with Gasteiger partial charge in [0.1, 0.15) is 0 Å². The van der Waals surface area contributed by atoms with Crippen molar-refractivity contribution in [1.29, 1.82) is 0 Å². The topological polar surface area (TPSA) is 76.3 Å². The predicted octanol–water partition coefficient (Wildman–Crippen LogP) is 2.40. The van der Waals surface area contributed by atoms with Crippen LogP contribution >= 0.6 is 0 Å². The highest BCUT2D eigenvalue weighted by molar-refractivity contribution is 5.93. The van der Waals surface area contributed by atoms with Gasteiger partial charge in [0.15, 0.2) is 0 Å². The maximum Gasteiger partial charge on any atom is 0.269 e. The van der Waals surface area contributed by atoms with Gasteiger partial charge in [0.25, 0.3) is 11.6 Å². The Hall–Kier alpha value is -2.83. The maximum absolute atomic E-state index is 13.0. The van der Waals surface area contributed by atoms with Gasteiger partial charge in [0, 0.05) is 43.6 Å². The summed E-state index contributed by atoms with van der Waals surface area (Å²) in [6.07, 6.45) is 1.21. The second-order valence-corrected chi connectivity index (χ2v) is 4.46. The third-order valence-corrected chi connectivity index (χ3v) is 2.86. The first-order valence-electron chi connectivity index (χ1n) is 6.07. The second kappa shape index (κ2) is 6.08. The number of rotatable bonds is 4. The highest BCUT2D eigenvalue weighted by atomic mass is 19.1. The standard InChI is InChI=1S/C14H12FN3O3/c1-17(14(19)11-5-6-16-13(15)8-11)9-10-3-2-4-12(7-10)18(20)21/h2-8H,9H2,1H3. The average molecular weight is 289 g/mol. The number of non-ortho nitro benzene ring substituents is 1. The first-order chi connectivity index (χ1) is 9.97. The molecule has 0 aliphatic carbocycles. The maximum atomic E-state index is 13.0. The first-order valence-corrected chi connectivity index (χ1v) is 6.07. The molecular formula is C14H12FN3O3. The third-order valence-electron chi connectivity index (χ3n) is 2.86. The van der Waals surface area contributed by atoms with E-state index in [-0.39, 0.29) is 23.7 Å². The summed E-state index contributed by atoms with van der Waals surface area (Å²) in [5.41, 5.74) is 0.758. The quantitative estimate of drug-likeness (QED) is 0.492. The minimum atomic E-state index is -0.732. The minimum absolute atomic E-state index is 0.0386. The van der Waals surface area contributed by atoms with Gasteiger partial charge >= 0.3 is 0 Å². The first kappa shape index (κ1) is 14.6. The number of amides is 1. The summed E-state index contributed by atoms with van der Waals surface area (Å²) in [5.74, 6) is -1.12. The van der Waals surface area contributed by atoms with Crippen molar-refractivity contribution in [2.75, 3.05) is 7.05 Å². The molecule has 7 heteroatoms. The number of aromatic nitrogens is 1. The summed E-state index contributed by atoms with van der Waals surface area (Å²) >= 11 is 0. The normalized spacial score (nSPS) is 10.2. The number of nitro groups is 1. The number of nitro benzene ring substituents is 1. The fraction of sp³-hybridized carbons (Fsp3) is 0.143. The van der Waals surface area contributed by atoms with Crippen molar-refractivity contribution in [2.24, 2.45) is 0 Å². The number of carbonyl (C=O) groups excluding carboxylic acids is 1. The predicted molar refractivity (Wildman–Crippen MR) is 73.1 cm³/mol. The van der Waals surface area contributed by atoms with Gasteiger partial charge in [-0.2, -0.15) is 4.39 Å². The number of benzene rings is 1. The Morgan fingerprint density at radius 2 is 2.14 bits per heavy atom. The number of hydrogen-bond donors (Lipinski definition) is 0. The van der Waals surface area contributed by atoms with Crippen molar-refractivity contribution in [3.8, 4) is 0 Å². The lowest BCUT2D eigenvalue weighted by Crippen LogP contribution is -2.26. The fourth-order valence-electron chi connectivity index (χ4n) is 1.87.